The fourth-order valence-electron chi connectivity index (χ4n) is 1.76. The minimum Gasteiger partial charge on any atom is -0.348 e. The van der Waals surface area contributed by atoms with Gasteiger partial charge in [0.15, 0.2) is 10.8 Å². The number of benzene rings is 1. The number of nitrogens with zero attached hydrogens (tertiary/aromatic N) is 2. The Bertz CT molecular complexity index is 586. The number of carbonyl (C=O) groups is 1. The van der Waals surface area contributed by atoms with E-state index in [1.807, 2.05) is 31.2 Å². The van der Waals surface area contributed by atoms with E-state index < -0.39 is 0 Å². The fourth-order valence-corrected chi connectivity index (χ4v) is 2.13. The van der Waals surface area contributed by atoms with Crippen LogP contribution in [-0.4, -0.2) is 22.1 Å². The van der Waals surface area contributed by atoms with Gasteiger partial charge in [0.1, 0.15) is 0 Å². The average Bonchev–Trinajstić information content (AvgIpc) is 2.42. The highest BCUT2D eigenvalue weighted by atomic mass is 79.9. The maximum atomic E-state index is 11.9. The van der Waals surface area contributed by atoms with Gasteiger partial charge < -0.3 is 5.32 Å². The summed E-state index contributed by atoms with van der Waals surface area (Å²) in [5.41, 5.74) is 1.42. The highest BCUT2D eigenvalue weighted by Crippen LogP contribution is 2.12. The van der Waals surface area contributed by atoms with Crippen molar-refractivity contribution in [3.05, 3.63) is 57.3 Å². The molecule has 0 saturated carbocycles. The molecule has 1 unspecified atom stereocenters. The Hall–Kier alpha value is -1.46. The number of amides is 1. The topological polar surface area (TPSA) is 54.9 Å². The highest BCUT2D eigenvalue weighted by molar-refractivity contribution is 9.10. The standard InChI is InChI=1S/C14H13BrClN3O/c1-9(8-10-2-4-11(15)5-3-10)17-14(20)12-6-7-13(16)19-18-12/h2-7,9H,8H2,1H3,(H,17,20). The lowest BCUT2D eigenvalue weighted by atomic mass is 10.1. The lowest BCUT2D eigenvalue weighted by Crippen LogP contribution is -2.34. The number of halogens is 2. The number of carbonyl (C=O) groups excluding carboxylic acids is 1. The van der Waals surface area contributed by atoms with Crippen molar-refractivity contribution in [3.8, 4) is 0 Å². The minimum absolute atomic E-state index is 0.00107. The molecule has 2 rings (SSSR count). The molecule has 4 nitrogen and oxygen atoms in total. The first kappa shape index (κ1) is 14.9. The molecule has 0 bridgehead atoms. The van der Waals surface area contributed by atoms with Crippen molar-refractivity contribution < 1.29 is 4.79 Å². The molecule has 1 amide bonds. The molecular weight excluding hydrogens is 342 g/mol. The fraction of sp³-hybridized carbons (Fsp3) is 0.214. The van der Waals surface area contributed by atoms with Crippen LogP contribution in [0.5, 0.6) is 0 Å². The molecule has 0 fully saturated rings. The maximum Gasteiger partial charge on any atom is 0.272 e. The predicted molar refractivity (Wildman–Crippen MR) is 81.8 cm³/mol. The Kier molecular flexibility index (Phi) is 5.09. The zero-order valence-electron chi connectivity index (χ0n) is 10.8. The van der Waals surface area contributed by atoms with Gasteiger partial charge in [-0.2, -0.15) is 0 Å². The van der Waals surface area contributed by atoms with Crippen molar-refractivity contribution in [1.29, 1.82) is 0 Å². The van der Waals surface area contributed by atoms with Crippen molar-refractivity contribution >= 4 is 33.4 Å². The van der Waals surface area contributed by atoms with E-state index in [0.717, 1.165) is 16.5 Å². The van der Waals surface area contributed by atoms with Gasteiger partial charge in [-0.25, -0.2) is 0 Å². The van der Waals surface area contributed by atoms with Crippen molar-refractivity contribution in [2.24, 2.45) is 0 Å². The normalized spacial score (nSPS) is 11.9. The summed E-state index contributed by atoms with van der Waals surface area (Å²) in [7, 11) is 0. The number of nitrogens with one attached hydrogen (secondary N) is 1. The molecule has 1 heterocycles. The SMILES string of the molecule is CC(Cc1ccc(Br)cc1)NC(=O)c1ccc(Cl)nn1. The first-order valence-electron chi connectivity index (χ1n) is 6.09. The maximum absolute atomic E-state index is 11.9. The monoisotopic (exact) mass is 353 g/mol. The van der Waals surface area contributed by atoms with Gasteiger partial charge in [0.25, 0.3) is 5.91 Å². The Labute approximate surface area is 130 Å². The lowest BCUT2D eigenvalue weighted by Gasteiger charge is -2.13. The number of hydrogen-bond donors (Lipinski definition) is 1. The van der Waals surface area contributed by atoms with E-state index in [9.17, 15) is 4.79 Å². The van der Waals surface area contributed by atoms with Crippen molar-refractivity contribution in [3.63, 3.8) is 0 Å². The van der Waals surface area contributed by atoms with Gasteiger partial charge in [0, 0.05) is 10.5 Å². The van der Waals surface area contributed by atoms with Gasteiger partial charge in [-0.1, -0.05) is 39.7 Å². The third kappa shape index (κ3) is 4.28. The number of aromatic nitrogens is 2. The molecule has 1 aromatic heterocycles. The first-order valence-corrected chi connectivity index (χ1v) is 7.26. The molecule has 2 aromatic rings. The van der Waals surface area contributed by atoms with Crippen molar-refractivity contribution in [2.75, 3.05) is 0 Å². The summed E-state index contributed by atoms with van der Waals surface area (Å²) >= 11 is 9.03. The molecule has 0 aliphatic heterocycles. The van der Waals surface area contributed by atoms with Crippen LogP contribution in [0.4, 0.5) is 0 Å². The Balaban J connectivity index is 1.93. The second-order valence-corrected chi connectivity index (χ2v) is 5.75. The molecule has 6 heteroatoms. The molecule has 20 heavy (non-hydrogen) atoms. The van der Waals surface area contributed by atoms with Crippen LogP contribution in [0, 0.1) is 0 Å². The van der Waals surface area contributed by atoms with E-state index in [1.54, 1.807) is 12.1 Å². The Morgan fingerprint density at radius 3 is 2.55 bits per heavy atom. The smallest absolute Gasteiger partial charge is 0.272 e. The molecule has 104 valence electrons. The van der Waals surface area contributed by atoms with Crippen LogP contribution in [0.1, 0.15) is 23.0 Å². The third-order valence-electron chi connectivity index (χ3n) is 2.70. The minimum atomic E-state index is -0.251. The van der Waals surface area contributed by atoms with Crippen LogP contribution in [0.25, 0.3) is 0 Å². The summed E-state index contributed by atoms with van der Waals surface area (Å²) in [5, 5.41) is 10.6. The van der Waals surface area contributed by atoms with Crippen LogP contribution in [-0.2, 0) is 6.42 Å². The molecule has 1 aromatic carbocycles. The first-order chi connectivity index (χ1) is 9.54. The molecule has 0 aliphatic carbocycles. The Morgan fingerprint density at radius 2 is 1.95 bits per heavy atom. The molecular formula is C14H13BrClN3O. The summed E-state index contributed by atoms with van der Waals surface area (Å²) in [6, 6.07) is 11.1. The van der Waals surface area contributed by atoms with Gasteiger partial charge in [0.2, 0.25) is 0 Å². The quantitative estimate of drug-likeness (QED) is 0.917. The van der Waals surface area contributed by atoms with E-state index >= 15 is 0 Å². The van der Waals surface area contributed by atoms with Crippen LogP contribution >= 0.6 is 27.5 Å². The van der Waals surface area contributed by atoms with Gasteiger partial charge >= 0.3 is 0 Å². The molecule has 1 N–H and O–H groups in total. The van der Waals surface area contributed by atoms with Crippen molar-refractivity contribution in [1.82, 2.24) is 15.5 Å². The van der Waals surface area contributed by atoms with E-state index in [1.165, 1.54) is 0 Å². The highest BCUT2D eigenvalue weighted by Gasteiger charge is 2.12. The van der Waals surface area contributed by atoms with E-state index in [-0.39, 0.29) is 22.8 Å². The van der Waals surface area contributed by atoms with Gasteiger partial charge in [-0.15, -0.1) is 10.2 Å². The van der Waals surface area contributed by atoms with Crippen LogP contribution in [0.2, 0.25) is 5.15 Å². The second kappa shape index (κ2) is 6.81. The van der Waals surface area contributed by atoms with E-state index in [0.29, 0.717) is 0 Å². The van der Waals surface area contributed by atoms with Crippen LogP contribution < -0.4 is 5.32 Å². The largest absolute Gasteiger partial charge is 0.348 e. The third-order valence-corrected chi connectivity index (χ3v) is 3.43. The zero-order chi connectivity index (χ0) is 14.5. The van der Waals surface area contributed by atoms with E-state index in [2.05, 4.69) is 31.4 Å². The predicted octanol–water partition coefficient (Wildman–Crippen LogP) is 3.25. The van der Waals surface area contributed by atoms with E-state index in [4.69, 9.17) is 11.6 Å². The second-order valence-electron chi connectivity index (χ2n) is 4.45. The number of hydrogen-bond acceptors (Lipinski definition) is 3. The summed E-state index contributed by atoms with van der Waals surface area (Å²) in [5.74, 6) is -0.251. The van der Waals surface area contributed by atoms with Gasteiger partial charge in [-0.05, 0) is 43.2 Å². The average molecular weight is 355 g/mol. The van der Waals surface area contributed by atoms with Crippen LogP contribution in [0.15, 0.2) is 40.9 Å². The van der Waals surface area contributed by atoms with Gasteiger partial charge in [-0.3, -0.25) is 4.79 Å². The lowest BCUT2D eigenvalue weighted by molar-refractivity contribution is 0.0934. The molecule has 0 aliphatic rings. The molecule has 0 radical (unpaired) electrons. The summed E-state index contributed by atoms with van der Waals surface area (Å²) < 4.78 is 1.04. The molecule has 0 saturated heterocycles. The summed E-state index contributed by atoms with van der Waals surface area (Å²) in [6.07, 6.45) is 0.750. The zero-order valence-corrected chi connectivity index (χ0v) is 13.1. The summed E-state index contributed by atoms with van der Waals surface area (Å²) in [6.45, 7) is 1.95. The number of rotatable bonds is 4. The Morgan fingerprint density at radius 1 is 1.25 bits per heavy atom. The van der Waals surface area contributed by atoms with Gasteiger partial charge in [0.05, 0.1) is 0 Å². The molecule has 0 spiro atoms. The summed E-state index contributed by atoms with van der Waals surface area (Å²) in [4.78, 5) is 11.9. The van der Waals surface area contributed by atoms with Crippen LogP contribution in [0.3, 0.4) is 0 Å². The molecule has 1 atom stereocenters. The van der Waals surface area contributed by atoms with Crippen molar-refractivity contribution in [2.45, 2.75) is 19.4 Å².